The molecule has 1 aromatic rings. The maximum atomic E-state index is 12.0. The van der Waals surface area contributed by atoms with Crippen LogP contribution in [0.1, 0.15) is 36.9 Å². The summed E-state index contributed by atoms with van der Waals surface area (Å²) in [6.45, 7) is 5.73. The van der Waals surface area contributed by atoms with Gasteiger partial charge in [0.25, 0.3) is 5.91 Å². The van der Waals surface area contributed by atoms with Crippen LogP contribution in [0.5, 0.6) is 5.75 Å². The van der Waals surface area contributed by atoms with Crippen LogP contribution in [0.15, 0.2) is 18.2 Å². The van der Waals surface area contributed by atoms with E-state index in [0.29, 0.717) is 0 Å². The lowest BCUT2D eigenvalue weighted by molar-refractivity contribution is -0.132. The third-order valence-electron chi connectivity index (χ3n) is 3.47. The average Bonchev–Trinajstić information content (AvgIpc) is 2.89. The van der Waals surface area contributed by atoms with Crippen LogP contribution < -0.4 is 10.5 Å². The number of nitrogens with two attached hydrogens (primary N) is 1. The Labute approximate surface area is 114 Å². The van der Waals surface area contributed by atoms with Gasteiger partial charge in [-0.25, -0.2) is 0 Å². The van der Waals surface area contributed by atoms with E-state index in [1.54, 1.807) is 0 Å². The number of hydrogen-bond donors (Lipinski definition) is 1. The van der Waals surface area contributed by atoms with Gasteiger partial charge >= 0.3 is 0 Å². The summed E-state index contributed by atoms with van der Waals surface area (Å²) in [5.41, 5.74) is 7.97. The number of hydrogen-bond acceptors (Lipinski definition) is 3. The highest BCUT2D eigenvalue weighted by Gasteiger charge is 2.19. The predicted molar refractivity (Wildman–Crippen MR) is 75.1 cm³/mol. The van der Waals surface area contributed by atoms with Gasteiger partial charge in [0.15, 0.2) is 6.61 Å². The second-order valence-electron chi connectivity index (χ2n) is 5.21. The fourth-order valence-corrected chi connectivity index (χ4v) is 2.34. The number of likely N-dealkylation sites (tertiary alicyclic amines) is 1. The van der Waals surface area contributed by atoms with Gasteiger partial charge < -0.3 is 15.4 Å². The SMILES string of the molecule is Cc1ccc([C@H](C)N)c(OCC(=O)N2CCCC2)c1. The minimum absolute atomic E-state index is 0.0645. The standard InChI is InChI=1S/C15H22N2O2/c1-11-5-6-13(12(2)16)14(9-11)19-10-15(18)17-7-3-4-8-17/h5-6,9,12H,3-4,7-8,10,16H2,1-2H3/t12-/m0/s1. The molecule has 104 valence electrons. The van der Waals surface area contributed by atoms with Crippen molar-refractivity contribution >= 4 is 5.91 Å². The molecule has 1 aliphatic heterocycles. The van der Waals surface area contributed by atoms with Gasteiger partial charge in [-0.15, -0.1) is 0 Å². The summed E-state index contributed by atoms with van der Waals surface area (Å²) in [7, 11) is 0. The van der Waals surface area contributed by atoms with E-state index in [9.17, 15) is 4.79 Å². The van der Waals surface area contributed by atoms with E-state index in [1.807, 2.05) is 36.9 Å². The van der Waals surface area contributed by atoms with Crippen molar-refractivity contribution in [3.63, 3.8) is 0 Å². The molecular formula is C15H22N2O2. The fourth-order valence-electron chi connectivity index (χ4n) is 2.34. The summed E-state index contributed by atoms with van der Waals surface area (Å²) in [6.07, 6.45) is 2.20. The quantitative estimate of drug-likeness (QED) is 0.903. The van der Waals surface area contributed by atoms with Gasteiger partial charge in [-0.1, -0.05) is 12.1 Å². The molecule has 1 amide bonds. The molecule has 1 aromatic carbocycles. The normalized spacial score (nSPS) is 16.5. The Balaban J connectivity index is 2.01. The fraction of sp³-hybridized carbons (Fsp3) is 0.533. The number of amides is 1. The average molecular weight is 262 g/mol. The van der Waals surface area contributed by atoms with Gasteiger partial charge in [-0.2, -0.15) is 0 Å². The molecule has 2 rings (SSSR count). The van der Waals surface area contributed by atoms with Crippen molar-refractivity contribution in [2.75, 3.05) is 19.7 Å². The van der Waals surface area contributed by atoms with Gasteiger partial charge in [-0.3, -0.25) is 4.79 Å². The first kappa shape index (κ1) is 13.9. The number of ether oxygens (including phenoxy) is 1. The number of nitrogens with zero attached hydrogens (tertiary/aromatic N) is 1. The molecule has 1 saturated heterocycles. The number of carbonyl (C=O) groups is 1. The summed E-state index contributed by atoms with van der Waals surface area (Å²) in [4.78, 5) is 13.8. The molecule has 4 heteroatoms. The largest absolute Gasteiger partial charge is 0.483 e. The monoisotopic (exact) mass is 262 g/mol. The van der Waals surface area contributed by atoms with Gasteiger partial charge in [-0.05, 0) is 38.3 Å². The second-order valence-corrected chi connectivity index (χ2v) is 5.21. The van der Waals surface area contributed by atoms with Crippen LogP contribution in [0.25, 0.3) is 0 Å². The molecule has 1 fully saturated rings. The van der Waals surface area contributed by atoms with Crippen LogP contribution in [0, 0.1) is 6.92 Å². The molecule has 0 aliphatic carbocycles. The van der Waals surface area contributed by atoms with Crippen LogP contribution in [-0.4, -0.2) is 30.5 Å². The molecule has 2 N–H and O–H groups in total. The summed E-state index contributed by atoms with van der Waals surface area (Å²) >= 11 is 0. The van der Waals surface area contributed by atoms with Crippen LogP contribution in [0.4, 0.5) is 0 Å². The van der Waals surface area contributed by atoms with Crippen molar-refractivity contribution in [1.82, 2.24) is 4.90 Å². The molecule has 0 spiro atoms. The molecule has 1 aliphatic rings. The van der Waals surface area contributed by atoms with Crippen molar-refractivity contribution in [3.05, 3.63) is 29.3 Å². The van der Waals surface area contributed by atoms with E-state index in [0.717, 1.165) is 42.8 Å². The van der Waals surface area contributed by atoms with Crippen molar-refractivity contribution in [2.45, 2.75) is 32.7 Å². The van der Waals surface area contributed by atoms with Crippen LogP contribution in [-0.2, 0) is 4.79 Å². The zero-order valence-corrected chi connectivity index (χ0v) is 11.7. The Hall–Kier alpha value is -1.55. The summed E-state index contributed by atoms with van der Waals surface area (Å²) < 4.78 is 5.68. The van der Waals surface area contributed by atoms with Crippen molar-refractivity contribution in [3.8, 4) is 5.75 Å². The van der Waals surface area contributed by atoms with E-state index >= 15 is 0 Å². The second kappa shape index (κ2) is 6.06. The lowest BCUT2D eigenvalue weighted by Crippen LogP contribution is -2.32. The van der Waals surface area contributed by atoms with Crippen LogP contribution in [0.3, 0.4) is 0 Å². The maximum absolute atomic E-state index is 12.0. The number of aryl methyl sites for hydroxylation is 1. The van der Waals surface area contributed by atoms with Gasteiger partial charge in [0.2, 0.25) is 0 Å². The summed E-state index contributed by atoms with van der Waals surface area (Å²) in [5.74, 6) is 0.789. The highest BCUT2D eigenvalue weighted by atomic mass is 16.5. The molecule has 4 nitrogen and oxygen atoms in total. The molecule has 19 heavy (non-hydrogen) atoms. The highest BCUT2D eigenvalue weighted by molar-refractivity contribution is 5.78. The topological polar surface area (TPSA) is 55.6 Å². The van der Waals surface area contributed by atoms with Crippen LogP contribution >= 0.6 is 0 Å². The smallest absolute Gasteiger partial charge is 0.260 e. The first-order chi connectivity index (χ1) is 9.08. The molecule has 0 saturated carbocycles. The van der Waals surface area contributed by atoms with Gasteiger partial charge in [0.1, 0.15) is 5.75 Å². The molecule has 0 aromatic heterocycles. The third-order valence-corrected chi connectivity index (χ3v) is 3.47. The Bertz CT molecular complexity index is 451. The Morgan fingerprint density at radius 1 is 1.42 bits per heavy atom. The zero-order valence-electron chi connectivity index (χ0n) is 11.7. The van der Waals surface area contributed by atoms with E-state index in [4.69, 9.17) is 10.5 Å². The van der Waals surface area contributed by atoms with E-state index in [2.05, 4.69) is 0 Å². The predicted octanol–water partition coefficient (Wildman–Crippen LogP) is 2.02. The lowest BCUT2D eigenvalue weighted by atomic mass is 10.1. The Morgan fingerprint density at radius 2 is 2.11 bits per heavy atom. The molecular weight excluding hydrogens is 240 g/mol. The lowest BCUT2D eigenvalue weighted by Gasteiger charge is -2.18. The van der Waals surface area contributed by atoms with Gasteiger partial charge in [0, 0.05) is 24.7 Å². The van der Waals surface area contributed by atoms with Crippen molar-refractivity contribution in [2.24, 2.45) is 5.73 Å². The van der Waals surface area contributed by atoms with E-state index in [-0.39, 0.29) is 18.6 Å². The van der Waals surface area contributed by atoms with E-state index < -0.39 is 0 Å². The van der Waals surface area contributed by atoms with E-state index in [1.165, 1.54) is 0 Å². The maximum Gasteiger partial charge on any atom is 0.260 e. The third kappa shape index (κ3) is 3.47. The highest BCUT2D eigenvalue weighted by Crippen LogP contribution is 2.25. The Morgan fingerprint density at radius 3 is 2.74 bits per heavy atom. The first-order valence-electron chi connectivity index (χ1n) is 6.84. The zero-order chi connectivity index (χ0) is 13.8. The number of benzene rings is 1. The molecule has 1 heterocycles. The molecule has 0 unspecified atom stereocenters. The Kier molecular flexibility index (Phi) is 4.43. The minimum atomic E-state index is -0.0995. The van der Waals surface area contributed by atoms with Gasteiger partial charge in [0.05, 0.1) is 0 Å². The molecule has 0 radical (unpaired) electrons. The minimum Gasteiger partial charge on any atom is -0.483 e. The molecule has 1 atom stereocenters. The van der Waals surface area contributed by atoms with Crippen molar-refractivity contribution in [1.29, 1.82) is 0 Å². The number of rotatable bonds is 4. The molecule has 0 bridgehead atoms. The summed E-state index contributed by atoms with van der Waals surface area (Å²) in [5, 5.41) is 0. The first-order valence-corrected chi connectivity index (χ1v) is 6.84. The number of carbonyl (C=O) groups excluding carboxylic acids is 1. The van der Waals surface area contributed by atoms with Crippen LogP contribution in [0.2, 0.25) is 0 Å². The summed E-state index contributed by atoms with van der Waals surface area (Å²) in [6, 6.07) is 5.82. The van der Waals surface area contributed by atoms with Crippen molar-refractivity contribution < 1.29 is 9.53 Å².